The van der Waals surface area contributed by atoms with Crippen LogP contribution < -0.4 is 5.32 Å². The molecule has 0 bridgehead atoms. The molecule has 0 aromatic carbocycles. The van der Waals surface area contributed by atoms with E-state index in [1.54, 1.807) is 11.8 Å². The quantitative estimate of drug-likeness (QED) is 0.806. The number of thioether (sulfide) groups is 1. The smallest absolute Gasteiger partial charge is 0.255 e. The molecule has 2 N–H and O–H groups in total. The van der Waals surface area contributed by atoms with Gasteiger partial charge in [0.1, 0.15) is 0 Å². The van der Waals surface area contributed by atoms with Gasteiger partial charge in [0.25, 0.3) is 5.91 Å². The second-order valence-corrected chi connectivity index (χ2v) is 8.05. The first kappa shape index (κ1) is 15.5. The number of amides is 1. The topological polar surface area (TPSA) is 70.4 Å². The number of piperidine rings is 1. The third-order valence-electron chi connectivity index (χ3n) is 4.96. The fourth-order valence-electron chi connectivity index (χ4n) is 3.46. The Bertz CT molecular complexity index is 579. The maximum absolute atomic E-state index is 12.6. The van der Waals surface area contributed by atoms with Crippen molar-refractivity contribution in [2.75, 3.05) is 25.4 Å². The molecule has 23 heavy (non-hydrogen) atoms. The minimum Gasteiger partial charge on any atom is -0.379 e. The highest BCUT2D eigenvalue weighted by Gasteiger charge is 2.43. The zero-order valence-corrected chi connectivity index (χ0v) is 14.1. The van der Waals surface area contributed by atoms with Gasteiger partial charge in [-0.3, -0.25) is 4.79 Å². The van der Waals surface area contributed by atoms with Gasteiger partial charge in [-0.15, -0.1) is 0 Å². The molecule has 0 unspecified atom stereocenters. The van der Waals surface area contributed by atoms with E-state index in [2.05, 4.69) is 21.1 Å². The van der Waals surface area contributed by atoms with Gasteiger partial charge in [0.2, 0.25) is 0 Å². The van der Waals surface area contributed by atoms with Gasteiger partial charge >= 0.3 is 0 Å². The third-order valence-corrected chi connectivity index (χ3v) is 5.93. The Morgan fingerprint density at radius 2 is 2.30 bits per heavy atom. The molecule has 6 nitrogen and oxygen atoms in total. The predicted octanol–water partition coefficient (Wildman–Crippen LogP) is 0.842. The van der Waals surface area contributed by atoms with Crippen molar-refractivity contribution in [3.63, 3.8) is 0 Å². The SMILES string of the molecule is O=C1N(CC2CC2)CCC[C@]1(O)CNCc1cn2c(n1)SCC2. The summed E-state index contributed by atoms with van der Waals surface area (Å²) >= 11 is 1.78. The normalized spacial score (nSPS) is 27.5. The van der Waals surface area contributed by atoms with Gasteiger partial charge in [0.15, 0.2) is 10.8 Å². The van der Waals surface area contributed by atoms with Gasteiger partial charge < -0.3 is 19.9 Å². The molecule has 1 saturated heterocycles. The van der Waals surface area contributed by atoms with E-state index in [1.807, 2.05) is 4.90 Å². The van der Waals surface area contributed by atoms with Crippen LogP contribution in [0.4, 0.5) is 0 Å². The van der Waals surface area contributed by atoms with Crippen molar-refractivity contribution in [3.05, 3.63) is 11.9 Å². The number of hydrogen-bond donors (Lipinski definition) is 2. The van der Waals surface area contributed by atoms with E-state index in [4.69, 9.17) is 0 Å². The monoisotopic (exact) mass is 336 g/mol. The number of likely N-dealkylation sites (tertiary alicyclic amines) is 1. The summed E-state index contributed by atoms with van der Waals surface area (Å²) in [7, 11) is 0. The lowest BCUT2D eigenvalue weighted by Gasteiger charge is -2.38. The first-order valence-corrected chi connectivity index (χ1v) is 9.54. The molecule has 126 valence electrons. The number of imidazole rings is 1. The van der Waals surface area contributed by atoms with Gasteiger partial charge in [0, 0.05) is 44.7 Å². The third kappa shape index (κ3) is 3.27. The van der Waals surface area contributed by atoms with Crippen LogP contribution in [0.25, 0.3) is 0 Å². The van der Waals surface area contributed by atoms with E-state index in [9.17, 15) is 9.90 Å². The van der Waals surface area contributed by atoms with Gasteiger partial charge in [-0.1, -0.05) is 11.8 Å². The van der Waals surface area contributed by atoms with E-state index < -0.39 is 5.60 Å². The van der Waals surface area contributed by atoms with Crippen LogP contribution in [0.2, 0.25) is 0 Å². The fraction of sp³-hybridized carbons (Fsp3) is 0.750. The standard InChI is InChI=1S/C16H24N4O2S/c21-14-16(22,4-1-5-19(14)9-12-2-3-12)11-17-8-13-10-20-6-7-23-15(20)18-13/h10,12,17,22H,1-9,11H2/t16-/m0/s1. The summed E-state index contributed by atoms with van der Waals surface area (Å²) in [5.74, 6) is 1.67. The maximum Gasteiger partial charge on any atom is 0.255 e. The molecule has 1 saturated carbocycles. The average Bonchev–Trinajstić information content (AvgIpc) is 3.09. The number of carbonyl (C=O) groups excluding carboxylic acids is 1. The van der Waals surface area contributed by atoms with Crippen LogP contribution in [0, 0.1) is 5.92 Å². The average molecular weight is 336 g/mol. The first-order chi connectivity index (χ1) is 11.1. The predicted molar refractivity (Wildman–Crippen MR) is 88.1 cm³/mol. The molecule has 3 aliphatic rings. The first-order valence-electron chi connectivity index (χ1n) is 8.55. The number of carbonyl (C=O) groups is 1. The Morgan fingerprint density at radius 1 is 1.43 bits per heavy atom. The Labute approximate surface area is 140 Å². The van der Waals surface area contributed by atoms with Crippen LogP contribution in [0.1, 0.15) is 31.4 Å². The van der Waals surface area contributed by atoms with E-state index in [0.29, 0.717) is 25.4 Å². The number of rotatable bonds is 6. The molecule has 1 aliphatic carbocycles. The van der Waals surface area contributed by atoms with E-state index in [1.165, 1.54) is 12.8 Å². The summed E-state index contributed by atoms with van der Waals surface area (Å²) < 4.78 is 2.17. The summed E-state index contributed by atoms with van der Waals surface area (Å²) in [5, 5.41) is 15.1. The zero-order chi connectivity index (χ0) is 15.9. The number of fused-ring (bicyclic) bond motifs is 1. The van der Waals surface area contributed by atoms with Gasteiger partial charge in [0.05, 0.1) is 5.69 Å². The number of nitrogens with one attached hydrogen (secondary N) is 1. The lowest BCUT2D eigenvalue weighted by atomic mass is 9.91. The van der Waals surface area contributed by atoms with E-state index in [0.717, 1.165) is 42.7 Å². The molecular formula is C16H24N4O2S. The second-order valence-electron chi connectivity index (χ2n) is 6.99. The molecule has 0 radical (unpaired) electrons. The minimum atomic E-state index is -1.25. The van der Waals surface area contributed by atoms with Crippen molar-refractivity contribution in [2.45, 2.75) is 49.5 Å². The molecule has 2 aliphatic heterocycles. The van der Waals surface area contributed by atoms with Crippen molar-refractivity contribution >= 4 is 17.7 Å². The number of aromatic nitrogens is 2. The molecule has 3 heterocycles. The largest absolute Gasteiger partial charge is 0.379 e. The number of aryl methyl sites for hydroxylation is 1. The zero-order valence-electron chi connectivity index (χ0n) is 13.3. The van der Waals surface area contributed by atoms with Crippen LogP contribution in [0.15, 0.2) is 11.4 Å². The minimum absolute atomic E-state index is 0.0916. The van der Waals surface area contributed by atoms with Crippen molar-refractivity contribution in [1.82, 2.24) is 19.8 Å². The van der Waals surface area contributed by atoms with Gasteiger partial charge in [-0.05, 0) is 31.6 Å². The highest BCUT2D eigenvalue weighted by Crippen LogP contribution is 2.32. The Kier molecular flexibility index (Phi) is 4.11. The van der Waals surface area contributed by atoms with Crippen molar-refractivity contribution in [1.29, 1.82) is 0 Å². The fourth-order valence-corrected chi connectivity index (χ4v) is 4.42. The summed E-state index contributed by atoms with van der Waals surface area (Å²) in [6.45, 7) is 3.54. The molecule has 1 amide bonds. The van der Waals surface area contributed by atoms with Crippen LogP contribution in [-0.2, 0) is 17.9 Å². The maximum atomic E-state index is 12.6. The van der Waals surface area contributed by atoms with Gasteiger partial charge in [-0.2, -0.15) is 0 Å². The van der Waals surface area contributed by atoms with Crippen LogP contribution in [0.3, 0.4) is 0 Å². The molecule has 1 aromatic rings. The number of hydrogen-bond acceptors (Lipinski definition) is 5. The molecule has 1 aromatic heterocycles. The number of aliphatic hydroxyl groups is 1. The van der Waals surface area contributed by atoms with E-state index in [-0.39, 0.29) is 5.91 Å². The Balaban J connectivity index is 1.32. The summed E-state index contributed by atoms with van der Waals surface area (Å²) in [6, 6.07) is 0. The highest BCUT2D eigenvalue weighted by atomic mass is 32.2. The number of nitrogens with zero attached hydrogens (tertiary/aromatic N) is 3. The molecule has 0 spiro atoms. The second kappa shape index (κ2) is 6.11. The summed E-state index contributed by atoms with van der Waals surface area (Å²) in [4.78, 5) is 19.0. The summed E-state index contributed by atoms with van der Waals surface area (Å²) in [6.07, 6.45) is 5.95. The van der Waals surface area contributed by atoms with Crippen molar-refractivity contribution in [3.8, 4) is 0 Å². The molecule has 4 rings (SSSR count). The van der Waals surface area contributed by atoms with Crippen LogP contribution in [-0.4, -0.2) is 56.5 Å². The lowest BCUT2D eigenvalue weighted by molar-refractivity contribution is -0.156. The van der Waals surface area contributed by atoms with E-state index >= 15 is 0 Å². The molecular weight excluding hydrogens is 312 g/mol. The Morgan fingerprint density at radius 3 is 3.09 bits per heavy atom. The summed E-state index contributed by atoms with van der Waals surface area (Å²) in [5.41, 5.74) is -0.265. The van der Waals surface area contributed by atoms with Gasteiger partial charge in [-0.25, -0.2) is 4.98 Å². The molecule has 1 atom stereocenters. The van der Waals surface area contributed by atoms with Crippen LogP contribution in [0.5, 0.6) is 0 Å². The Hall–Kier alpha value is -1.05. The van der Waals surface area contributed by atoms with Crippen molar-refractivity contribution in [2.24, 2.45) is 5.92 Å². The molecule has 2 fully saturated rings. The molecule has 7 heteroatoms. The lowest BCUT2D eigenvalue weighted by Crippen LogP contribution is -2.58. The highest BCUT2D eigenvalue weighted by molar-refractivity contribution is 7.99. The van der Waals surface area contributed by atoms with Crippen molar-refractivity contribution < 1.29 is 9.90 Å². The van der Waals surface area contributed by atoms with Crippen LogP contribution >= 0.6 is 11.8 Å².